The van der Waals surface area contributed by atoms with Gasteiger partial charge in [0.15, 0.2) is 0 Å². The van der Waals surface area contributed by atoms with E-state index in [1.54, 1.807) is 0 Å². The van der Waals surface area contributed by atoms with Crippen LogP contribution in [0.25, 0.3) is 0 Å². The molecule has 1 aromatic carbocycles. The highest BCUT2D eigenvalue weighted by atomic mass is 16.5. The molecule has 2 aliphatic rings. The van der Waals surface area contributed by atoms with Crippen LogP contribution in [-0.2, 0) is 14.3 Å². The van der Waals surface area contributed by atoms with Gasteiger partial charge in [-0.1, -0.05) is 30.3 Å². The van der Waals surface area contributed by atoms with Gasteiger partial charge in [-0.25, -0.2) is 0 Å². The second-order valence-corrected chi connectivity index (χ2v) is 5.94. The summed E-state index contributed by atoms with van der Waals surface area (Å²) in [6.45, 7) is 2.91. The van der Waals surface area contributed by atoms with Crippen molar-refractivity contribution in [3.8, 4) is 0 Å². The Morgan fingerprint density at radius 2 is 2.18 bits per heavy atom. The molecule has 2 fully saturated rings. The molecule has 0 radical (unpaired) electrons. The lowest BCUT2D eigenvalue weighted by Gasteiger charge is -2.27. The smallest absolute Gasteiger partial charge is 0.222 e. The van der Waals surface area contributed by atoms with E-state index in [9.17, 15) is 4.79 Å². The molecular formula is C17H24N2O3. The molecule has 3 atom stereocenters. The van der Waals surface area contributed by atoms with Crippen molar-refractivity contribution < 1.29 is 14.3 Å². The molecule has 5 heteroatoms. The summed E-state index contributed by atoms with van der Waals surface area (Å²) in [4.78, 5) is 12.4. The van der Waals surface area contributed by atoms with Gasteiger partial charge in [0.05, 0.1) is 25.4 Å². The fourth-order valence-electron chi connectivity index (χ4n) is 3.12. The third-order valence-electron chi connectivity index (χ3n) is 4.24. The van der Waals surface area contributed by atoms with Crippen LogP contribution in [0.1, 0.15) is 30.9 Å². The first-order valence-electron chi connectivity index (χ1n) is 8.10. The molecule has 0 saturated carbocycles. The highest BCUT2D eigenvalue weighted by Gasteiger charge is 2.29. The van der Waals surface area contributed by atoms with Crippen LogP contribution in [0.3, 0.4) is 0 Å². The van der Waals surface area contributed by atoms with Gasteiger partial charge in [-0.3, -0.25) is 4.79 Å². The van der Waals surface area contributed by atoms with Crippen LogP contribution in [0.5, 0.6) is 0 Å². The maximum Gasteiger partial charge on any atom is 0.222 e. The average molecular weight is 304 g/mol. The molecule has 2 N–H and O–H groups in total. The van der Waals surface area contributed by atoms with Crippen molar-refractivity contribution in [2.45, 2.75) is 37.5 Å². The number of nitrogens with one attached hydrogen (secondary N) is 2. The Hall–Kier alpha value is -1.43. The van der Waals surface area contributed by atoms with Crippen molar-refractivity contribution in [3.63, 3.8) is 0 Å². The highest BCUT2D eigenvalue weighted by molar-refractivity contribution is 5.77. The number of ether oxygens (including phenoxy) is 2. The van der Waals surface area contributed by atoms with Crippen molar-refractivity contribution >= 4 is 5.91 Å². The molecule has 120 valence electrons. The maximum atomic E-state index is 12.4. The standard InChI is InChI=1S/C17H24N2O3/c20-16(11-14-12-21-10-8-18-14)19-17(15-7-4-9-22-15)13-5-2-1-3-6-13/h1-3,5-6,14-15,17-18H,4,7-12H2,(H,19,20). The van der Waals surface area contributed by atoms with Crippen molar-refractivity contribution in [2.75, 3.05) is 26.4 Å². The number of morpholine rings is 1. The van der Waals surface area contributed by atoms with Gasteiger partial charge in [-0.2, -0.15) is 0 Å². The molecule has 1 aromatic rings. The van der Waals surface area contributed by atoms with Crippen LogP contribution in [0.15, 0.2) is 30.3 Å². The van der Waals surface area contributed by atoms with E-state index < -0.39 is 0 Å². The average Bonchev–Trinajstić information content (AvgIpc) is 3.08. The molecule has 22 heavy (non-hydrogen) atoms. The van der Waals surface area contributed by atoms with Gasteiger partial charge >= 0.3 is 0 Å². The minimum Gasteiger partial charge on any atom is -0.378 e. The Kier molecular flexibility index (Phi) is 5.43. The summed E-state index contributed by atoms with van der Waals surface area (Å²) in [6, 6.07) is 10.1. The number of hydrogen-bond donors (Lipinski definition) is 2. The molecule has 3 rings (SSSR count). The molecule has 3 unspecified atom stereocenters. The van der Waals surface area contributed by atoms with Crippen molar-refractivity contribution in [3.05, 3.63) is 35.9 Å². The normalized spacial score (nSPS) is 26.5. The summed E-state index contributed by atoms with van der Waals surface area (Å²) in [5, 5.41) is 6.48. The molecule has 0 aliphatic carbocycles. The largest absolute Gasteiger partial charge is 0.378 e. The van der Waals surface area contributed by atoms with Gasteiger partial charge < -0.3 is 20.1 Å². The van der Waals surface area contributed by atoms with Gasteiger partial charge in [0.1, 0.15) is 0 Å². The third-order valence-corrected chi connectivity index (χ3v) is 4.24. The fraction of sp³-hybridized carbons (Fsp3) is 0.588. The molecule has 0 bridgehead atoms. The van der Waals surface area contributed by atoms with Crippen molar-refractivity contribution in [2.24, 2.45) is 0 Å². The van der Waals surface area contributed by atoms with E-state index in [0.717, 1.165) is 38.2 Å². The second kappa shape index (κ2) is 7.72. The zero-order chi connectivity index (χ0) is 15.2. The van der Waals surface area contributed by atoms with Gasteiger partial charge in [-0.05, 0) is 18.4 Å². The fourth-order valence-corrected chi connectivity index (χ4v) is 3.12. The Bertz CT molecular complexity index is 468. The van der Waals surface area contributed by atoms with E-state index in [4.69, 9.17) is 9.47 Å². The summed E-state index contributed by atoms with van der Waals surface area (Å²) in [6.07, 6.45) is 2.56. The van der Waals surface area contributed by atoms with Crippen molar-refractivity contribution in [1.29, 1.82) is 0 Å². The monoisotopic (exact) mass is 304 g/mol. The summed E-state index contributed by atoms with van der Waals surface area (Å²) >= 11 is 0. The Balaban J connectivity index is 1.63. The van der Waals surface area contributed by atoms with Gasteiger partial charge in [0.25, 0.3) is 0 Å². The Labute approximate surface area is 131 Å². The number of benzene rings is 1. The molecule has 5 nitrogen and oxygen atoms in total. The first kappa shape index (κ1) is 15.5. The van der Waals surface area contributed by atoms with Gasteiger partial charge in [0, 0.05) is 25.6 Å². The van der Waals surface area contributed by atoms with Crippen LogP contribution in [0.4, 0.5) is 0 Å². The number of carbonyl (C=O) groups excluding carboxylic acids is 1. The first-order chi connectivity index (χ1) is 10.8. The number of amides is 1. The summed E-state index contributed by atoms with van der Waals surface area (Å²) < 4.78 is 11.2. The lowest BCUT2D eigenvalue weighted by atomic mass is 9.99. The molecular weight excluding hydrogens is 280 g/mol. The van der Waals surface area contributed by atoms with Crippen LogP contribution in [-0.4, -0.2) is 44.4 Å². The van der Waals surface area contributed by atoms with Crippen LogP contribution in [0.2, 0.25) is 0 Å². The molecule has 1 amide bonds. The predicted molar refractivity (Wildman–Crippen MR) is 83.5 cm³/mol. The topological polar surface area (TPSA) is 59.6 Å². The Morgan fingerprint density at radius 1 is 1.32 bits per heavy atom. The van der Waals surface area contributed by atoms with E-state index in [2.05, 4.69) is 22.8 Å². The van der Waals surface area contributed by atoms with E-state index in [-0.39, 0.29) is 24.1 Å². The number of rotatable bonds is 5. The molecule has 0 spiro atoms. The van der Waals surface area contributed by atoms with Crippen LogP contribution in [0, 0.1) is 0 Å². The van der Waals surface area contributed by atoms with E-state index in [1.807, 2.05) is 18.2 Å². The maximum absolute atomic E-state index is 12.4. The lowest BCUT2D eigenvalue weighted by Crippen LogP contribution is -2.45. The van der Waals surface area contributed by atoms with Crippen LogP contribution >= 0.6 is 0 Å². The molecule has 2 aliphatic heterocycles. The number of hydrogen-bond acceptors (Lipinski definition) is 4. The van der Waals surface area contributed by atoms with E-state index in [1.165, 1.54) is 0 Å². The third kappa shape index (κ3) is 4.06. The minimum atomic E-state index is -0.0688. The van der Waals surface area contributed by atoms with Crippen molar-refractivity contribution in [1.82, 2.24) is 10.6 Å². The number of carbonyl (C=O) groups is 1. The zero-order valence-electron chi connectivity index (χ0n) is 12.8. The van der Waals surface area contributed by atoms with Gasteiger partial charge in [0.2, 0.25) is 5.91 Å². The first-order valence-corrected chi connectivity index (χ1v) is 8.10. The molecule has 2 heterocycles. The Morgan fingerprint density at radius 3 is 2.86 bits per heavy atom. The zero-order valence-corrected chi connectivity index (χ0v) is 12.8. The highest BCUT2D eigenvalue weighted by Crippen LogP contribution is 2.27. The van der Waals surface area contributed by atoms with Gasteiger partial charge in [-0.15, -0.1) is 0 Å². The molecule has 2 saturated heterocycles. The van der Waals surface area contributed by atoms with E-state index >= 15 is 0 Å². The molecule has 0 aromatic heterocycles. The summed E-state index contributed by atoms with van der Waals surface area (Å²) in [5.41, 5.74) is 1.11. The quantitative estimate of drug-likeness (QED) is 0.863. The predicted octanol–water partition coefficient (Wildman–Crippen LogP) is 1.40. The SMILES string of the molecule is O=C(CC1COCCN1)NC(c1ccccc1)C1CCCO1. The second-order valence-electron chi connectivity index (χ2n) is 5.94. The lowest BCUT2D eigenvalue weighted by molar-refractivity contribution is -0.124. The summed E-state index contributed by atoms with van der Waals surface area (Å²) in [7, 11) is 0. The van der Waals surface area contributed by atoms with Crippen LogP contribution < -0.4 is 10.6 Å². The summed E-state index contributed by atoms with van der Waals surface area (Å²) in [5.74, 6) is 0.0485. The van der Waals surface area contributed by atoms with E-state index in [0.29, 0.717) is 13.0 Å². The minimum absolute atomic E-state index is 0.0485.